The van der Waals surface area contributed by atoms with Crippen LogP contribution in [0.5, 0.6) is 0 Å². The number of sulfonamides is 2. The molecular formula is C25H38N4O6S2. The van der Waals surface area contributed by atoms with Crippen LogP contribution in [0.25, 0.3) is 0 Å². The molecule has 0 radical (unpaired) electrons. The molecule has 0 aliphatic heterocycles. The fourth-order valence-corrected chi connectivity index (χ4v) is 4.20. The number of hydrogen-bond acceptors (Lipinski definition) is 8. The Kier molecular flexibility index (Phi) is 12.9. The van der Waals surface area contributed by atoms with Crippen LogP contribution >= 0.6 is 0 Å². The van der Waals surface area contributed by atoms with E-state index in [1.54, 1.807) is 6.92 Å². The smallest absolute Gasteiger partial charge is 0.211 e. The lowest BCUT2D eigenvalue weighted by molar-refractivity contribution is 0.212. The summed E-state index contributed by atoms with van der Waals surface area (Å²) in [6.45, 7) is 6.54. The van der Waals surface area contributed by atoms with Crippen molar-refractivity contribution in [1.29, 1.82) is 0 Å². The summed E-state index contributed by atoms with van der Waals surface area (Å²) in [6.07, 6.45) is 2.35. The van der Waals surface area contributed by atoms with E-state index in [4.69, 9.17) is 9.68 Å². The monoisotopic (exact) mass is 554 g/mol. The topological polar surface area (TPSA) is 118 Å². The standard InChI is InChI=1S/C13H20N2O3S.C12H18N2O3S/c1-5-15(19(4,16)17)10-13(14-18-3)12-8-6-11(2)7-9-12;1-10-5-7-11(8-6-10)12(13-17-3)9-14(2)18(4,15)16/h6-9H,5,10H2,1-4H3;5-8H,9H2,1-4H3/b14-13-;13-12-. The van der Waals surface area contributed by atoms with E-state index in [1.807, 2.05) is 62.4 Å². The maximum Gasteiger partial charge on any atom is 0.211 e. The van der Waals surface area contributed by atoms with E-state index in [0.29, 0.717) is 18.0 Å². The Morgan fingerprint density at radius 1 is 0.730 bits per heavy atom. The van der Waals surface area contributed by atoms with Crippen molar-refractivity contribution in [2.45, 2.75) is 20.8 Å². The summed E-state index contributed by atoms with van der Waals surface area (Å²) in [5, 5.41) is 7.82. The van der Waals surface area contributed by atoms with Gasteiger partial charge in [0.2, 0.25) is 20.0 Å². The molecule has 206 valence electrons. The molecule has 0 aliphatic carbocycles. The van der Waals surface area contributed by atoms with E-state index in [2.05, 4.69) is 10.3 Å². The van der Waals surface area contributed by atoms with Crippen LogP contribution < -0.4 is 0 Å². The lowest BCUT2D eigenvalue weighted by Crippen LogP contribution is -2.35. The maximum atomic E-state index is 11.6. The van der Waals surface area contributed by atoms with Crippen LogP contribution in [-0.4, -0.2) is 90.3 Å². The van der Waals surface area contributed by atoms with E-state index >= 15 is 0 Å². The van der Waals surface area contributed by atoms with Crippen molar-refractivity contribution >= 4 is 31.5 Å². The van der Waals surface area contributed by atoms with Gasteiger partial charge in [-0.1, -0.05) is 76.9 Å². The zero-order valence-corrected chi connectivity index (χ0v) is 24.4. The molecule has 0 atom stereocenters. The van der Waals surface area contributed by atoms with Crippen LogP contribution in [0.3, 0.4) is 0 Å². The Morgan fingerprint density at radius 3 is 1.41 bits per heavy atom. The first-order valence-electron chi connectivity index (χ1n) is 11.4. The van der Waals surface area contributed by atoms with Crippen molar-refractivity contribution in [1.82, 2.24) is 8.61 Å². The van der Waals surface area contributed by atoms with Crippen LogP contribution in [0.2, 0.25) is 0 Å². The third-order valence-electron chi connectivity index (χ3n) is 5.26. The first-order valence-corrected chi connectivity index (χ1v) is 15.1. The van der Waals surface area contributed by atoms with Gasteiger partial charge >= 0.3 is 0 Å². The maximum absolute atomic E-state index is 11.6. The first kappa shape index (κ1) is 32.2. The predicted molar refractivity (Wildman–Crippen MR) is 149 cm³/mol. The molecule has 12 heteroatoms. The lowest BCUT2D eigenvalue weighted by Gasteiger charge is -2.18. The van der Waals surface area contributed by atoms with Gasteiger partial charge in [-0.05, 0) is 13.8 Å². The highest BCUT2D eigenvalue weighted by atomic mass is 32.2. The van der Waals surface area contributed by atoms with Crippen molar-refractivity contribution in [3.8, 4) is 0 Å². The average Bonchev–Trinajstić information content (AvgIpc) is 2.81. The molecule has 0 aliphatic rings. The minimum absolute atomic E-state index is 0.176. The Bertz CT molecular complexity index is 1260. The summed E-state index contributed by atoms with van der Waals surface area (Å²) in [5.41, 5.74) is 5.13. The Hall–Kier alpha value is -2.80. The zero-order valence-electron chi connectivity index (χ0n) is 22.8. The van der Waals surface area contributed by atoms with Crippen LogP contribution in [-0.2, 0) is 29.7 Å². The highest BCUT2D eigenvalue weighted by Crippen LogP contribution is 2.09. The molecule has 0 heterocycles. The number of oxime groups is 2. The fraction of sp³-hybridized carbons (Fsp3) is 0.440. The molecule has 0 aromatic heterocycles. The molecule has 0 N–H and O–H groups in total. The molecule has 0 unspecified atom stereocenters. The second-order valence-electron chi connectivity index (χ2n) is 8.38. The van der Waals surface area contributed by atoms with Crippen molar-refractivity contribution in [2.75, 3.05) is 53.4 Å². The number of nitrogens with zero attached hydrogens (tertiary/aromatic N) is 4. The van der Waals surface area contributed by atoms with E-state index in [-0.39, 0.29) is 13.1 Å². The molecule has 2 aromatic carbocycles. The van der Waals surface area contributed by atoms with E-state index in [0.717, 1.165) is 28.5 Å². The highest BCUT2D eigenvalue weighted by molar-refractivity contribution is 7.88. The van der Waals surface area contributed by atoms with Crippen molar-refractivity contribution in [2.24, 2.45) is 10.3 Å². The summed E-state index contributed by atoms with van der Waals surface area (Å²) in [5.74, 6) is 0. The van der Waals surface area contributed by atoms with E-state index < -0.39 is 20.0 Å². The normalized spacial score (nSPS) is 12.8. The van der Waals surface area contributed by atoms with Gasteiger partial charge in [0.05, 0.1) is 25.6 Å². The van der Waals surface area contributed by atoms with Crippen LogP contribution in [0, 0.1) is 13.8 Å². The molecule has 0 fully saturated rings. The fourth-order valence-electron chi connectivity index (χ4n) is 3.02. The van der Waals surface area contributed by atoms with Crippen LogP contribution in [0.4, 0.5) is 0 Å². The molecular weight excluding hydrogens is 516 g/mol. The number of aryl methyl sites for hydroxylation is 2. The SMILES string of the molecule is CCN(C/C(=N/OC)c1ccc(C)cc1)S(C)(=O)=O.CO/N=C(/CN(C)S(C)(=O)=O)c1ccc(C)cc1. The summed E-state index contributed by atoms with van der Waals surface area (Å²) < 4.78 is 48.6. The van der Waals surface area contributed by atoms with Crippen molar-refractivity contribution < 1.29 is 26.5 Å². The molecule has 2 aromatic rings. The quantitative estimate of drug-likeness (QED) is 0.311. The predicted octanol–water partition coefficient (Wildman–Crippen LogP) is 2.86. The second-order valence-corrected chi connectivity index (χ2v) is 12.5. The van der Waals surface area contributed by atoms with Crippen molar-refractivity contribution in [3.63, 3.8) is 0 Å². The minimum atomic E-state index is -3.25. The summed E-state index contributed by atoms with van der Waals surface area (Å²) in [6, 6.07) is 15.4. The third kappa shape index (κ3) is 11.4. The van der Waals surface area contributed by atoms with Gasteiger partial charge in [0.15, 0.2) is 0 Å². The number of benzene rings is 2. The van der Waals surface area contributed by atoms with Gasteiger partial charge in [0.1, 0.15) is 25.6 Å². The minimum Gasteiger partial charge on any atom is -0.399 e. The van der Waals surface area contributed by atoms with Gasteiger partial charge in [-0.2, -0.15) is 8.61 Å². The summed E-state index contributed by atoms with van der Waals surface area (Å²) >= 11 is 0. The van der Waals surface area contributed by atoms with Crippen LogP contribution in [0.1, 0.15) is 29.2 Å². The Labute approximate surface area is 221 Å². The number of hydrogen-bond donors (Lipinski definition) is 0. The van der Waals surface area contributed by atoms with Gasteiger partial charge in [0.25, 0.3) is 0 Å². The second kappa shape index (κ2) is 14.8. The largest absolute Gasteiger partial charge is 0.399 e. The molecule has 0 amide bonds. The third-order valence-corrected chi connectivity index (χ3v) is 7.85. The van der Waals surface area contributed by atoms with Gasteiger partial charge < -0.3 is 9.68 Å². The summed E-state index contributed by atoms with van der Waals surface area (Å²) in [4.78, 5) is 9.58. The summed E-state index contributed by atoms with van der Waals surface area (Å²) in [7, 11) is -2.09. The molecule has 0 bridgehead atoms. The van der Waals surface area contributed by atoms with Crippen molar-refractivity contribution in [3.05, 3.63) is 70.8 Å². The van der Waals surface area contributed by atoms with Gasteiger partial charge in [0, 0.05) is 24.7 Å². The first-order chi connectivity index (χ1) is 17.2. The number of rotatable bonds is 11. The molecule has 0 saturated carbocycles. The van der Waals surface area contributed by atoms with Gasteiger partial charge in [-0.15, -0.1) is 0 Å². The molecule has 0 saturated heterocycles. The van der Waals surface area contributed by atoms with Gasteiger partial charge in [-0.25, -0.2) is 16.8 Å². The molecule has 0 spiro atoms. The average molecular weight is 555 g/mol. The molecule has 37 heavy (non-hydrogen) atoms. The van der Waals surface area contributed by atoms with Gasteiger partial charge in [-0.3, -0.25) is 0 Å². The molecule has 10 nitrogen and oxygen atoms in total. The Morgan fingerprint density at radius 2 is 1.11 bits per heavy atom. The zero-order chi connectivity index (χ0) is 28.2. The number of likely N-dealkylation sites (N-methyl/N-ethyl adjacent to an activating group) is 2. The van der Waals surface area contributed by atoms with Crippen LogP contribution in [0.15, 0.2) is 58.8 Å². The Balaban J connectivity index is 0.000000371. The van der Waals surface area contributed by atoms with E-state index in [1.165, 1.54) is 36.1 Å². The molecule has 2 rings (SSSR count). The highest BCUT2D eigenvalue weighted by Gasteiger charge is 2.18. The van der Waals surface area contributed by atoms with E-state index in [9.17, 15) is 16.8 Å². The lowest BCUT2D eigenvalue weighted by atomic mass is 10.1.